The van der Waals surface area contributed by atoms with Crippen LogP contribution in [0.5, 0.6) is 11.6 Å². The van der Waals surface area contributed by atoms with Crippen molar-refractivity contribution in [2.75, 3.05) is 19.0 Å². The average molecular weight is 354 g/mol. The van der Waals surface area contributed by atoms with Crippen LogP contribution in [0.25, 0.3) is 10.8 Å². The van der Waals surface area contributed by atoms with Crippen molar-refractivity contribution >= 4 is 28.3 Å². The molecule has 0 saturated carbocycles. The Bertz CT molecular complexity index is 1020. The molecule has 3 aromatic rings. The molecule has 1 N–H and O–H groups in total. The van der Waals surface area contributed by atoms with Gasteiger partial charge in [0.25, 0.3) is 11.4 Å². The topological polar surface area (TPSA) is 81.3 Å². The highest BCUT2D eigenvalue weighted by atomic mass is 32.2. The lowest BCUT2D eigenvalue weighted by Gasteiger charge is -2.16. The van der Waals surface area contributed by atoms with Crippen molar-refractivity contribution in [3.05, 3.63) is 58.4 Å². The molecule has 6 nitrogen and oxygen atoms in total. The Hall–Kier alpha value is -2.80. The minimum absolute atomic E-state index is 0.0340. The number of rotatable bonds is 4. The number of hydrogen-bond acceptors (Lipinski definition) is 6. The van der Waals surface area contributed by atoms with E-state index in [4.69, 9.17) is 9.47 Å². The van der Waals surface area contributed by atoms with Crippen LogP contribution in [-0.4, -0.2) is 34.7 Å². The third-order valence-electron chi connectivity index (χ3n) is 3.80. The zero-order chi connectivity index (χ0) is 17.2. The number of aromatic amines is 1. The van der Waals surface area contributed by atoms with Crippen molar-refractivity contribution in [2.24, 2.45) is 0 Å². The summed E-state index contributed by atoms with van der Waals surface area (Å²) >= 11 is 1.16. The normalized spacial score (nSPS) is 13.0. The Balaban J connectivity index is 1.51. The van der Waals surface area contributed by atoms with Crippen LogP contribution in [-0.2, 0) is 0 Å². The van der Waals surface area contributed by atoms with Gasteiger partial charge in [-0.05, 0) is 16.8 Å². The minimum Gasteiger partial charge on any atom is -0.480 e. The van der Waals surface area contributed by atoms with Gasteiger partial charge in [0, 0.05) is 5.56 Å². The first-order valence-electron chi connectivity index (χ1n) is 7.75. The predicted molar refractivity (Wildman–Crippen MR) is 94.9 cm³/mol. The maximum Gasteiger partial charge on any atom is 0.298 e. The van der Waals surface area contributed by atoms with Gasteiger partial charge in [0.15, 0.2) is 10.9 Å². The van der Waals surface area contributed by atoms with Crippen LogP contribution in [0.3, 0.4) is 0 Å². The number of fused-ring (bicyclic) bond motifs is 2. The first-order valence-corrected chi connectivity index (χ1v) is 8.74. The van der Waals surface area contributed by atoms with E-state index in [0.717, 1.165) is 22.5 Å². The highest BCUT2D eigenvalue weighted by molar-refractivity contribution is 7.99. The molecule has 0 unspecified atom stereocenters. The van der Waals surface area contributed by atoms with Gasteiger partial charge in [0.1, 0.15) is 13.2 Å². The summed E-state index contributed by atoms with van der Waals surface area (Å²) in [7, 11) is 0. The molecule has 2 heterocycles. The highest BCUT2D eigenvalue weighted by Crippen LogP contribution is 2.26. The molecule has 0 saturated heterocycles. The summed E-state index contributed by atoms with van der Waals surface area (Å²) in [4.78, 5) is 31.2. The minimum atomic E-state index is -0.398. The highest BCUT2D eigenvalue weighted by Gasteiger charge is 2.19. The Labute approximate surface area is 147 Å². The van der Waals surface area contributed by atoms with Crippen molar-refractivity contribution in [1.29, 1.82) is 0 Å². The Morgan fingerprint density at radius 3 is 2.80 bits per heavy atom. The molecule has 1 aliphatic rings. The van der Waals surface area contributed by atoms with E-state index in [1.54, 1.807) is 0 Å². The van der Waals surface area contributed by atoms with Crippen molar-refractivity contribution in [3.8, 4) is 11.6 Å². The van der Waals surface area contributed by atoms with Crippen molar-refractivity contribution < 1.29 is 14.3 Å². The van der Waals surface area contributed by atoms with Gasteiger partial charge in [-0.3, -0.25) is 14.6 Å². The zero-order valence-electron chi connectivity index (χ0n) is 13.2. The second-order valence-corrected chi connectivity index (χ2v) is 6.44. The number of H-pyrrole nitrogens is 1. The second-order valence-electron chi connectivity index (χ2n) is 5.48. The van der Waals surface area contributed by atoms with Gasteiger partial charge >= 0.3 is 0 Å². The fraction of sp³-hybridized carbons (Fsp3) is 0.167. The standard InChI is InChI=1S/C18H14N2O4S/c21-14(13-6-5-11-3-1-2-4-12(11)9-13)10-25-18-19-16(22)15-17(20-18)24-8-7-23-15/h1-6,9H,7-8,10H2,(H,19,20,22). The monoisotopic (exact) mass is 354 g/mol. The second kappa shape index (κ2) is 6.60. The summed E-state index contributed by atoms with van der Waals surface area (Å²) in [6.07, 6.45) is 0. The number of carbonyl (C=O) groups excluding carboxylic acids is 1. The van der Waals surface area contributed by atoms with Crippen molar-refractivity contribution in [3.63, 3.8) is 0 Å². The summed E-state index contributed by atoms with van der Waals surface area (Å²) < 4.78 is 10.6. The van der Waals surface area contributed by atoms with Crippen LogP contribution in [0.2, 0.25) is 0 Å². The van der Waals surface area contributed by atoms with Crippen LogP contribution in [0.1, 0.15) is 10.4 Å². The van der Waals surface area contributed by atoms with E-state index in [1.165, 1.54) is 0 Å². The molecule has 0 aliphatic carbocycles. The SMILES string of the molecule is O=C(CSc1nc2c(c(=O)[nH]1)OCCO2)c1ccc2ccccc2c1. The molecule has 1 aliphatic heterocycles. The Morgan fingerprint density at radius 2 is 1.92 bits per heavy atom. The smallest absolute Gasteiger partial charge is 0.298 e. The van der Waals surface area contributed by atoms with Crippen LogP contribution in [0.15, 0.2) is 52.4 Å². The molecule has 4 rings (SSSR count). The lowest BCUT2D eigenvalue weighted by atomic mass is 10.1. The number of aromatic nitrogens is 2. The van der Waals surface area contributed by atoms with Crippen LogP contribution in [0.4, 0.5) is 0 Å². The van der Waals surface area contributed by atoms with E-state index in [1.807, 2.05) is 42.5 Å². The summed E-state index contributed by atoms with van der Waals surface area (Å²) in [5, 5.41) is 2.44. The largest absolute Gasteiger partial charge is 0.480 e. The molecule has 25 heavy (non-hydrogen) atoms. The van der Waals surface area contributed by atoms with Gasteiger partial charge in [-0.25, -0.2) is 0 Å². The molecule has 0 spiro atoms. The number of benzene rings is 2. The first kappa shape index (κ1) is 15.7. The molecule has 0 atom stereocenters. The Kier molecular flexibility index (Phi) is 4.15. The molecule has 7 heteroatoms. The summed E-state index contributed by atoms with van der Waals surface area (Å²) in [6, 6.07) is 13.5. The zero-order valence-corrected chi connectivity index (χ0v) is 14.0. The van der Waals surface area contributed by atoms with Gasteiger partial charge in [-0.1, -0.05) is 48.2 Å². The quantitative estimate of drug-likeness (QED) is 0.441. The fourth-order valence-corrected chi connectivity index (χ4v) is 3.32. The van der Waals surface area contributed by atoms with E-state index in [0.29, 0.717) is 23.9 Å². The number of Topliss-reactive ketones (excluding diaryl/α,β-unsaturated/α-hetero) is 1. The molecule has 126 valence electrons. The van der Waals surface area contributed by atoms with Gasteiger partial charge in [0.05, 0.1) is 5.75 Å². The Morgan fingerprint density at radius 1 is 1.12 bits per heavy atom. The first-order chi connectivity index (χ1) is 12.2. The summed E-state index contributed by atoms with van der Waals surface area (Å²) in [6.45, 7) is 0.675. The summed E-state index contributed by atoms with van der Waals surface area (Å²) in [5.74, 6) is 0.404. The number of nitrogens with zero attached hydrogens (tertiary/aromatic N) is 1. The fourth-order valence-electron chi connectivity index (χ4n) is 2.58. The molecular formula is C18H14N2O4S. The summed E-state index contributed by atoms with van der Waals surface area (Å²) in [5.41, 5.74) is 0.233. The van der Waals surface area contributed by atoms with E-state index >= 15 is 0 Å². The van der Waals surface area contributed by atoms with E-state index in [2.05, 4.69) is 9.97 Å². The molecule has 0 amide bonds. The number of carbonyl (C=O) groups is 1. The van der Waals surface area contributed by atoms with Crippen LogP contribution < -0.4 is 15.0 Å². The van der Waals surface area contributed by atoms with Gasteiger partial charge in [0.2, 0.25) is 5.75 Å². The van der Waals surface area contributed by atoms with Crippen molar-refractivity contribution in [2.45, 2.75) is 5.16 Å². The van der Waals surface area contributed by atoms with Gasteiger partial charge in [-0.15, -0.1) is 0 Å². The number of hydrogen-bond donors (Lipinski definition) is 1. The third-order valence-corrected chi connectivity index (χ3v) is 4.68. The predicted octanol–water partition coefficient (Wildman–Crippen LogP) is 2.67. The molecule has 0 bridgehead atoms. The average Bonchev–Trinajstić information content (AvgIpc) is 2.66. The van der Waals surface area contributed by atoms with E-state index < -0.39 is 5.56 Å². The third kappa shape index (κ3) is 3.23. The molecule has 0 fully saturated rings. The van der Waals surface area contributed by atoms with Crippen molar-refractivity contribution in [1.82, 2.24) is 9.97 Å². The van der Waals surface area contributed by atoms with Gasteiger partial charge < -0.3 is 9.47 Å². The van der Waals surface area contributed by atoms with Gasteiger partial charge in [-0.2, -0.15) is 4.98 Å². The maximum atomic E-state index is 12.4. The molecule has 1 aromatic heterocycles. The lowest BCUT2D eigenvalue weighted by Crippen LogP contribution is -2.24. The van der Waals surface area contributed by atoms with E-state index in [9.17, 15) is 9.59 Å². The maximum absolute atomic E-state index is 12.4. The molecular weight excluding hydrogens is 340 g/mol. The molecule has 0 radical (unpaired) electrons. The van der Waals surface area contributed by atoms with E-state index in [-0.39, 0.29) is 23.2 Å². The number of ketones is 1. The molecule has 2 aromatic carbocycles. The number of thioether (sulfide) groups is 1. The number of ether oxygens (including phenoxy) is 2. The van der Waals surface area contributed by atoms with Crippen LogP contribution >= 0.6 is 11.8 Å². The van der Waals surface area contributed by atoms with Crippen LogP contribution in [0, 0.1) is 0 Å². The lowest BCUT2D eigenvalue weighted by molar-refractivity contribution is 0.102. The number of nitrogens with one attached hydrogen (secondary N) is 1.